The fourth-order valence-corrected chi connectivity index (χ4v) is 0.467. The van der Waals surface area contributed by atoms with Crippen LogP contribution < -0.4 is 0 Å². The maximum atomic E-state index is 11.4. The van der Waals surface area contributed by atoms with Crippen molar-refractivity contribution >= 4 is 0 Å². The van der Waals surface area contributed by atoms with Crippen molar-refractivity contribution < 1.29 is 13.2 Å². The van der Waals surface area contributed by atoms with Gasteiger partial charge in [-0.15, -0.1) is 6.54 Å². The van der Waals surface area contributed by atoms with E-state index < -0.39 is 18.5 Å². The average molecular weight is 140 g/mol. The van der Waals surface area contributed by atoms with Crippen molar-refractivity contribution in [3.63, 3.8) is 0 Å². The molecule has 0 unspecified atom stereocenters. The second kappa shape index (κ2) is 3.06. The molecule has 0 aliphatic rings. The summed E-state index contributed by atoms with van der Waals surface area (Å²) in [6.45, 7) is 1.26. The molecule has 0 aromatic rings. The zero-order valence-electron chi connectivity index (χ0n) is 5.13. The quantitative estimate of drug-likeness (QED) is 0.563. The Morgan fingerprint density at radius 2 is 1.89 bits per heavy atom. The highest BCUT2D eigenvalue weighted by Crippen LogP contribution is 2.24. The molecule has 0 spiro atoms. The highest BCUT2D eigenvalue weighted by molar-refractivity contribution is 4.64. The lowest BCUT2D eigenvalue weighted by Crippen LogP contribution is -2.14. The predicted octanol–water partition coefficient (Wildman–Crippen LogP) is 2.63. The standard InChI is InChI=1S/C5H9F3N/c1-4(3-9)2-5(6,7)8/h4,9H,2-3H2,1H3/q-1/t4-/m1/s1. The van der Waals surface area contributed by atoms with Crippen LogP contribution in [0.5, 0.6) is 0 Å². The number of hydrogen-bond donors (Lipinski definition) is 0. The predicted molar refractivity (Wildman–Crippen MR) is 29.0 cm³/mol. The molecule has 0 aromatic heterocycles. The molecule has 4 heteroatoms. The molecular weight excluding hydrogens is 131 g/mol. The van der Waals surface area contributed by atoms with Crippen LogP contribution in [0.3, 0.4) is 0 Å². The van der Waals surface area contributed by atoms with Crippen molar-refractivity contribution in [3.8, 4) is 0 Å². The molecule has 1 atom stereocenters. The first-order chi connectivity index (χ1) is 3.95. The van der Waals surface area contributed by atoms with Crippen molar-refractivity contribution in [3.05, 3.63) is 5.73 Å². The zero-order chi connectivity index (χ0) is 7.49. The molecule has 0 rings (SSSR count). The number of nitrogens with one attached hydrogen (secondary N) is 1. The van der Waals surface area contributed by atoms with Gasteiger partial charge in [0.05, 0.1) is 0 Å². The molecule has 56 valence electrons. The van der Waals surface area contributed by atoms with Gasteiger partial charge in [0.25, 0.3) is 0 Å². The van der Waals surface area contributed by atoms with Crippen LogP contribution in [0.15, 0.2) is 0 Å². The fraction of sp³-hybridized carbons (Fsp3) is 1.00. The Labute approximate surface area is 52.0 Å². The second-order valence-electron chi connectivity index (χ2n) is 2.13. The van der Waals surface area contributed by atoms with E-state index in [9.17, 15) is 13.2 Å². The molecular formula is C5H9F3N-. The Balaban J connectivity index is 3.47. The van der Waals surface area contributed by atoms with Gasteiger partial charge in [-0.3, -0.25) is 0 Å². The topological polar surface area (TPSA) is 23.8 Å². The van der Waals surface area contributed by atoms with E-state index in [2.05, 4.69) is 0 Å². The van der Waals surface area contributed by atoms with Crippen LogP contribution in [0.4, 0.5) is 13.2 Å². The highest BCUT2D eigenvalue weighted by Gasteiger charge is 2.28. The number of rotatable bonds is 2. The Kier molecular flexibility index (Phi) is 2.97. The SMILES string of the molecule is C[C@@H](C[NH-])CC(F)(F)F. The van der Waals surface area contributed by atoms with Crippen LogP contribution in [-0.2, 0) is 0 Å². The van der Waals surface area contributed by atoms with Crippen LogP contribution >= 0.6 is 0 Å². The summed E-state index contributed by atoms with van der Waals surface area (Å²) in [7, 11) is 0. The lowest BCUT2D eigenvalue weighted by Gasteiger charge is -2.14. The number of alkyl halides is 3. The van der Waals surface area contributed by atoms with Gasteiger partial charge >= 0.3 is 6.18 Å². The van der Waals surface area contributed by atoms with Crippen molar-refractivity contribution in [2.75, 3.05) is 6.54 Å². The summed E-state index contributed by atoms with van der Waals surface area (Å²) in [6.07, 6.45) is -4.93. The number of hydrogen-bond acceptors (Lipinski definition) is 0. The second-order valence-corrected chi connectivity index (χ2v) is 2.13. The van der Waals surface area contributed by atoms with Crippen molar-refractivity contribution in [1.29, 1.82) is 0 Å². The number of halogens is 3. The summed E-state index contributed by atoms with van der Waals surface area (Å²) in [4.78, 5) is 0. The summed E-state index contributed by atoms with van der Waals surface area (Å²) in [5.41, 5.74) is 6.59. The van der Waals surface area contributed by atoms with E-state index in [0.717, 1.165) is 0 Å². The molecule has 0 saturated carbocycles. The van der Waals surface area contributed by atoms with E-state index >= 15 is 0 Å². The summed E-state index contributed by atoms with van der Waals surface area (Å²) >= 11 is 0. The minimum absolute atomic E-state index is 0.153. The lowest BCUT2D eigenvalue weighted by atomic mass is 10.1. The van der Waals surface area contributed by atoms with E-state index in [1.807, 2.05) is 0 Å². The monoisotopic (exact) mass is 140 g/mol. The Morgan fingerprint density at radius 1 is 1.44 bits per heavy atom. The van der Waals surface area contributed by atoms with E-state index in [1.165, 1.54) is 6.92 Å². The van der Waals surface area contributed by atoms with Gasteiger partial charge in [-0.1, -0.05) is 12.8 Å². The first-order valence-corrected chi connectivity index (χ1v) is 2.67. The van der Waals surface area contributed by atoms with Crippen LogP contribution in [0, 0.1) is 5.92 Å². The molecule has 0 heterocycles. The van der Waals surface area contributed by atoms with Crippen LogP contribution in [0.1, 0.15) is 13.3 Å². The maximum Gasteiger partial charge on any atom is 0.389 e. The smallest absolute Gasteiger partial charge is 0.389 e. The van der Waals surface area contributed by atoms with Crippen LogP contribution in [0.25, 0.3) is 5.73 Å². The largest absolute Gasteiger partial charge is 0.677 e. The summed E-state index contributed by atoms with van der Waals surface area (Å²) in [6, 6.07) is 0. The van der Waals surface area contributed by atoms with Gasteiger partial charge in [-0.05, 0) is 0 Å². The highest BCUT2D eigenvalue weighted by atomic mass is 19.4. The average Bonchev–Trinajstić information content (AvgIpc) is 1.62. The van der Waals surface area contributed by atoms with Gasteiger partial charge in [0.15, 0.2) is 0 Å². The zero-order valence-corrected chi connectivity index (χ0v) is 5.13. The first-order valence-electron chi connectivity index (χ1n) is 2.67. The van der Waals surface area contributed by atoms with Crippen molar-refractivity contribution in [2.24, 2.45) is 5.92 Å². The Morgan fingerprint density at radius 3 is 2.00 bits per heavy atom. The third-order valence-electron chi connectivity index (χ3n) is 0.928. The van der Waals surface area contributed by atoms with E-state index in [0.29, 0.717) is 0 Å². The molecule has 0 fully saturated rings. The summed E-state index contributed by atoms with van der Waals surface area (Å²) in [5, 5.41) is 0. The molecule has 0 bridgehead atoms. The lowest BCUT2D eigenvalue weighted by molar-refractivity contribution is -0.142. The molecule has 9 heavy (non-hydrogen) atoms. The Bertz CT molecular complexity index is 78.8. The molecule has 0 radical (unpaired) electrons. The minimum Gasteiger partial charge on any atom is -0.677 e. The van der Waals surface area contributed by atoms with Crippen molar-refractivity contribution in [2.45, 2.75) is 19.5 Å². The molecule has 1 N–H and O–H groups in total. The van der Waals surface area contributed by atoms with Crippen molar-refractivity contribution in [1.82, 2.24) is 0 Å². The van der Waals surface area contributed by atoms with E-state index in [-0.39, 0.29) is 6.54 Å². The molecule has 0 amide bonds. The minimum atomic E-state index is -4.10. The molecule has 0 aromatic carbocycles. The van der Waals surface area contributed by atoms with E-state index in [1.54, 1.807) is 0 Å². The molecule has 1 nitrogen and oxygen atoms in total. The van der Waals surface area contributed by atoms with Gasteiger partial charge in [0.1, 0.15) is 0 Å². The first kappa shape index (κ1) is 8.75. The molecule has 0 saturated heterocycles. The van der Waals surface area contributed by atoms with Gasteiger partial charge in [0.2, 0.25) is 0 Å². The van der Waals surface area contributed by atoms with Gasteiger partial charge in [-0.2, -0.15) is 13.2 Å². The van der Waals surface area contributed by atoms with E-state index in [4.69, 9.17) is 5.73 Å². The van der Waals surface area contributed by atoms with Crippen LogP contribution in [0.2, 0.25) is 0 Å². The third kappa shape index (κ3) is 5.62. The van der Waals surface area contributed by atoms with Gasteiger partial charge < -0.3 is 5.73 Å². The molecule has 0 aliphatic carbocycles. The Hall–Kier alpha value is -0.250. The summed E-state index contributed by atoms with van der Waals surface area (Å²) < 4.78 is 34.2. The fourth-order valence-electron chi connectivity index (χ4n) is 0.467. The van der Waals surface area contributed by atoms with Gasteiger partial charge in [-0.25, -0.2) is 0 Å². The van der Waals surface area contributed by atoms with Gasteiger partial charge in [0, 0.05) is 6.42 Å². The third-order valence-corrected chi connectivity index (χ3v) is 0.928. The van der Waals surface area contributed by atoms with Crippen LogP contribution in [-0.4, -0.2) is 12.7 Å². The molecule has 0 aliphatic heterocycles. The summed E-state index contributed by atoms with van der Waals surface area (Å²) in [5.74, 6) is -0.565. The normalized spacial score (nSPS) is 15.7. The maximum absolute atomic E-state index is 11.4.